The number of nitrogens with one attached hydrogen (secondary N) is 2. The third kappa shape index (κ3) is 5.75. The Balaban J connectivity index is 1.98. The fraction of sp³-hybridized carbons (Fsp3) is 0.278. The van der Waals surface area contributed by atoms with Crippen LogP contribution < -0.4 is 19.5 Å². The molecule has 2 rings (SSSR count). The number of benzene rings is 2. The normalized spacial score (nSPS) is 11.0. The van der Waals surface area contributed by atoms with Gasteiger partial charge in [0.15, 0.2) is 0 Å². The molecule has 7 nitrogen and oxygen atoms in total. The van der Waals surface area contributed by atoms with E-state index in [0.29, 0.717) is 22.7 Å². The van der Waals surface area contributed by atoms with Crippen molar-refractivity contribution < 1.29 is 22.7 Å². The third-order valence-electron chi connectivity index (χ3n) is 3.62. The molecule has 26 heavy (non-hydrogen) atoms. The van der Waals surface area contributed by atoms with Crippen molar-refractivity contribution in [3.05, 3.63) is 53.6 Å². The summed E-state index contributed by atoms with van der Waals surface area (Å²) in [5.41, 5.74) is 2.11. The Morgan fingerprint density at radius 1 is 1.04 bits per heavy atom. The first kappa shape index (κ1) is 19.7. The van der Waals surface area contributed by atoms with E-state index in [9.17, 15) is 13.2 Å². The molecule has 0 aliphatic rings. The highest BCUT2D eigenvalue weighted by Gasteiger charge is 2.17. The zero-order valence-electron chi connectivity index (χ0n) is 14.9. The van der Waals surface area contributed by atoms with E-state index < -0.39 is 15.9 Å². The molecule has 0 aliphatic heterocycles. The summed E-state index contributed by atoms with van der Waals surface area (Å²) in [6, 6.07) is 12.1. The Bertz CT molecular complexity index is 864. The van der Waals surface area contributed by atoms with Crippen LogP contribution in [0.2, 0.25) is 0 Å². The van der Waals surface area contributed by atoms with Gasteiger partial charge in [-0.2, -0.15) is 0 Å². The zero-order valence-corrected chi connectivity index (χ0v) is 15.7. The van der Waals surface area contributed by atoms with Crippen molar-refractivity contribution in [3.8, 4) is 11.5 Å². The average molecular weight is 378 g/mol. The van der Waals surface area contributed by atoms with Gasteiger partial charge in [-0.1, -0.05) is 17.7 Å². The molecule has 8 heteroatoms. The lowest BCUT2D eigenvalue weighted by Gasteiger charge is -2.12. The van der Waals surface area contributed by atoms with Crippen molar-refractivity contribution >= 4 is 21.6 Å². The number of hydrogen-bond donors (Lipinski definition) is 2. The largest absolute Gasteiger partial charge is 0.497 e. The van der Waals surface area contributed by atoms with E-state index in [2.05, 4.69) is 10.0 Å². The number of carbonyl (C=O) groups is 1. The third-order valence-corrected chi connectivity index (χ3v) is 4.90. The van der Waals surface area contributed by atoms with Crippen molar-refractivity contribution in [1.29, 1.82) is 0 Å². The molecule has 0 heterocycles. The van der Waals surface area contributed by atoms with Crippen LogP contribution in [0, 0.1) is 6.92 Å². The SMILES string of the molecule is COc1ccc(OC)c(CS(=O)(=O)NCC(=O)Nc2ccc(C)cc2)c1. The molecule has 0 fully saturated rings. The molecule has 2 aromatic rings. The maximum absolute atomic E-state index is 12.3. The average Bonchev–Trinajstić information content (AvgIpc) is 2.61. The van der Waals surface area contributed by atoms with Gasteiger partial charge in [0.2, 0.25) is 15.9 Å². The Labute approximate surface area is 153 Å². The van der Waals surface area contributed by atoms with E-state index in [4.69, 9.17) is 9.47 Å². The summed E-state index contributed by atoms with van der Waals surface area (Å²) in [6.45, 7) is 1.58. The zero-order chi connectivity index (χ0) is 19.2. The highest BCUT2D eigenvalue weighted by Crippen LogP contribution is 2.25. The molecule has 0 bridgehead atoms. The lowest BCUT2D eigenvalue weighted by atomic mass is 10.2. The van der Waals surface area contributed by atoms with Gasteiger partial charge in [-0.05, 0) is 37.3 Å². The Hall–Kier alpha value is -2.58. The van der Waals surface area contributed by atoms with Gasteiger partial charge in [0.05, 0.1) is 26.5 Å². The topological polar surface area (TPSA) is 93.7 Å². The van der Waals surface area contributed by atoms with Crippen LogP contribution >= 0.6 is 0 Å². The molecule has 0 aliphatic carbocycles. The standard InChI is InChI=1S/C18H22N2O5S/c1-13-4-6-15(7-5-13)20-18(21)11-19-26(22,23)12-14-10-16(24-2)8-9-17(14)25-3/h4-10,19H,11-12H2,1-3H3,(H,20,21). The molecule has 2 aromatic carbocycles. The first-order chi connectivity index (χ1) is 12.3. The van der Waals surface area contributed by atoms with Crippen LogP contribution in [-0.2, 0) is 20.6 Å². The van der Waals surface area contributed by atoms with Gasteiger partial charge in [0, 0.05) is 11.3 Å². The quantitative estimate of drug-likeness (QED) is 0.733. The summed E-state index contributed by atoms with van der Waals surface area (Å²) in [7, 11) is -0.780. The van der Waals surface area contributed by atoms with E-state index in [0.717, 1.165) is 5.56 Å². The summed E-state index contributed by atoms with van der Waals surface area (Å²) >= 11 is 0. The maximum Gasteiger partial charge on any atom is 0.239 e. The molecular formula is C18H22N2O5S. The minimum Gasteiger partial charge on any atom is -0.497 e. The van der Waals surface area contributed by atoms with Gasteiger partial charge in [-0.15, -0.1) is 0 Å². The van der Waals surface area contributed by atoms with E-state index in [1.807, 2.05) is 19.1 Å². The van der Waals surface area contributed by atoms with Crippen molar-refractivity contribution in [2.45, 2.75) is 12.7 Å². The number of amides is 1. The highest BCUT2D eigenvalue weighted by atomic mass is 32.2. The van der Waals surface area contributed by atoms with Crippen LogP contribution in [0.5, 0.6) is 11.5 Å². The summed E-state index contributed by atoms with van der Waals surface area (Å²) in [4.78, 5) is 11.9. The van der Waals surface area contributed by atoms with Crippen LogP contribution in [0.25, 0.3) is 0 Å². The van der Waals surface area contributed by atoms with E-state index in [-0.39, 0.29) is 12.3 Å². The van der Waals surface area contributed by atoms with Crippen LogP contribution in [0.15, 0.2) is 42.5 Å². The lowest BCUT2D eigenvalue weighted by molar-refractivity contribution is -0.115. The number of carbonyl (C=O) groups excluding carboxylic acids is 1. The molecule has 2 N–H and O–H groups in total. The van der Waals surface area contributed by atoms with E-state index in [1.54, 1.807) is 30.3 Å². The van der Waals surface area contributed by atoms with Gasteiger partial charge in [-0.3, -0.25) is 4.79 Å². The van der Waals surface area contributed by atoms with E-state index >= 15 is 0 Å². The minimum atomic E-state index is -3.73. The lowest BCUT2D eigenvalue weighted by Crippen LogP contribution is -2.33. The molecule has 1 amide bonds. The van der Waals surface area contributed by atoms with Crippen LogP contribution in [0.4, 0.5) is 5.69 Å². The van der Waals surface area contributed by atoms with Gasteiger partial charge in [0.1, 0.15) is 11.5 Å². The molecule has 0 saturated heterocycles. The summed E-state index contributed by atoms with van der Waals surface area (Å²) in [5.74, 6) is 0.175. The molecule has 0 atom stereocenters. The smallest absolute Gasteiger partial charge is 0.239 e. The van der Waals surface area contributed by atoms with Gasteiger partial charge >= 0.3 is 0 Å². The van der Waals surface area contributed by atoms with Crippen molar-refractivity contribution in [2.24, 2.45) is 0 Å². The second kappa shape index (κ2) is 8.68. The van der Waals surface area contributed by atoms with Crippen LogP contribution in [-0.4, -0.2) is 35.1 Å². The molecule has 0 radical (unpaired) electrons. The molecule has 140 valence electrons. The molecule has 0 spiro atoms. The van der Waals surface area contributed by atoms with Gasteiger partial charge in [-0.25, -0.2) is 13.1 Å². The fourth-order valence-electron chi connectivity index (χ4n) is 2.27. The number of rotatable bonds is 8. The number of anilines is 1. The Morgan fingerprint density at radius 3 is 2.35 bits per heavy atom. The van der Waals surface area contributed by atoms with E-state index in [1.165, 1.54) is 14.2 Å². The molecule has 0 aromatic heterocycles. The highest BCUT2D eigenvalue weighted by molar-refractivity contribution is 7.88. The number of hydrogen-bond acceptors (Lipinski definition) is 5. The minimum absolute atomic E-state index is 0.328. The first-order valence-electron chi connectivity index (χ1n) is 7.88. The number of methoxy groups -OCH3 is 2. The second-order valence-electron chi connectivity index (χ2n) is 5.67. The van der Waals surface area contributed by atoms with Gasteiger partial charge < -0.3 is 14.8 Å². The number of aryl methyl sites for hydroxylation is 1. The van der Waals surface area contributed by atoms with Crippen molar-refractivity contribution in [3.63, 3.8) is 0 Å². The molecule has 0 unspecified atom stereocenters. The predicted molar refractivity (Wildman–Crippen MR) is 100.0 cm³/mol. The van der Waals surface area contributed by atoms with Crippen LogP contribution in [0.3, 0.4) is 0 Å². The number of ether oxygens (including phenoxy) is 2. The Kier molecular flexibility index (Phi) is 6.59. The van der Waals surface area contributed by atoms with Crippen LogP contribution in [0.1, 0.15) is 11.1 Å². The maximum atomic E-state index is 12.3. The summed E-state index contributed by atoms with van der Waals surface area (Å²) < 4.78 is 37.1. The first-order valence-corrected chi connectivity index (χ1v) is 9.53. The molecule has 0 saturated carbocycles. The van der Waals surface area contributed by atoms with Crippen molar-refractivity contribution in [1.82, 2.24) is 4.72 Å². The fourth-order valence-corrected chi connectivity index (χ4v) is 3.36. The number of sulfonamides is 1. The Morgan fingerprint density at radius 2 is 1.73 bits per heavy atom. The van der Waals surface area contributed by atoms with Crippen molar-refractivity contribution in [2.75, 3.05) is 26.1 Å². The molecular weight excluding hydrogens is 356 g/mol. The summed E-state index contributed by atoms with van der Waals surface area (Å²) in [5, 5.41) is 2.64. The second-order valence-corrected chi connectivity index (χ2v) is 7.48. The summed E-state index contributed by atoms with van der Waals surface area (Å²) in [6.07, 6.45) is 0. The predicted octanol–water partition coefficient (Wildman–Crippen LogP) is 2.07. The van der Waals surface area contributed by atoms with Gasteiger partial charge in [0.25, 0.3) is 0 Å². The monoisotopic (exact) mass is 378 g/mol.